The van der Waals surface area contributed by atoms with Crippen LogP contribution in [0.15, 0.2) is 18.2 Å². The van der Waals surface area contributed by atoms with Gasteiger partial charge in [-0.2, -0.15) is 0 Å². The van der Waals surface area contributed by atoms with Crippen LogP contribution in [-0.2, 0) is 0 Å². The molecule has 0 radical (unpaired) electrons. The van der Waals surface area contributed by atoms with Crippen LogP contribution in [0.4, 0.5) is 0 Å². The second-order valence-corrected chi connectivity index (χ2v) is 4.76. The molecule has 1 aromatic carbocycles. The maximum atomic E-state index is 6.09. The van der Waals surface area contributed by atoms with Crippen molar-refractivity contribution in [3.05, 3.63) is 28.8 Å². The standard InChI is InChI=1S/C13H20ClNO/c1-9(4-5-10(2)15)11-6-7-13(16-3)12(14)8-11/h6-10H,4-5,15H2,1-3H3. The SMILES string of the molecule is COc1ccc(C(C)CCC(C)N)cc1Cl. The molecule has 2 N–H and O–H groups in total. The fraction of sp³-hybridized carbons (Fsp3) is 0.538. The Kier molecular flexibility index (Phi) is 5.10. The molecule has 2 unspecified atom stereocenters. The van der Waals surface area contributed by atoms with Crippen LogP contribution in [0.1, 0.15) is 38.2 Å². The molecule has 1 aromatic rings. The third kappa shape index (κ3) is 3.69. The van der Waals surface area contributed by atoms with Crippen LogP contribution in [0.2, 0.25) is 5.02 Å². The van der Waals surface area contributed by atoms with Crippen molar-refractivity contribution in [1.29, 1.82) is 0 Å². The largest absolute Gasteiger partial charge is 0.495 e. The third-order valence-corrected chi connectivity index (χ3v) is 3.10. The summed E-state index contributed by atoms with van der Waals surface area (Å²) in [6, 6.07) is 6.22. The van der Waals surface area contributed by atoms with Crippen molar-refractivity contribution in [2.24, 2.45) is 5.73 Å². The molecule has 0 aliphatic carbocycles. The second kappa shape index (κ2) is 6.12. The molecule has 0 bridgehead atoms. The first-order chi connectivity index (χ1) is 7.54. The summed E-state index contributed by atoms with van der Waals surface area (Å²) in [7, 11) is 1.63. The lowest BCUT2D eigenvalue weighted by molar-refractivity contribution is 0.414. The molecule has 0 aliphatic heterocycles. The van der Waals surface area contributed by atoms with Crippen molar-refractivity contribution in [3.63, 3.8) is 0 Å². The number of rotatable bonds is 5. The molecule has 3 heteroatoms. The molecule has 0 heterocycles. The van der Waals surface area contributed by atoms with Crippen LogP contribution in [0.25, 0.3) is 0 Å². The smallest absolute Gasteiger partial charge is 0.137 e. The summed E-state index contributed by atoms with van der Waals surface area (Å²) in [5, 5.41) is 0.674. The van der Waals surface area contributed by atoms with Gasteiger partial charge >= 0.3 is 0 Å². The van der Waals surface area contributed by atoms with E-state index < -0.39 is 0 Å². The summed E-state index contributed by atoms with van der Waals surface area (Å²) in [5.41, 5.74) is 6.99. The highest BCUT2D eigenvalue weighted by Gasteiger charge is 2.09. The van der Waals surface area contributed by atoms with E-state index in [0.717, 1.165) is 18.6 Å². The molecule has 1 rings (SSSR count). The predicted octanol–water partition coefficient (Wildman–Crippen LogP) is 3.58. The number of ether oxygens (including phenoxy) is 1. The van der Waals surface area contributed by atoms with Gasteiger partial charge in [-0.1, -0.05) is 24.6 Å². The predicted molar refractivity (Wildman–Crippen MR) is 69.3 cm³/mol. The van der Waals surface area contributed by atoms with Gasteiger partial charge in [0.2, 0.25) is 0 Å². The first-order valence-electron chi connectivity index (χ1n) is 5.63. The Balaban J connectivity index is 2.69. The Morgan fingerprint density at radius 1 is 1.31 bits per heavy atom. The Morgan fingerprint density at radius 2 is 2.00 bits per heavy atom. The van der Waals surface area contributed by atoms with Crippen LogP contribution >= 0.6 is 11.6 Å². The van der Waals surface area contributed by atoms with E-state index in [2.05, 4.69) is 13.0 Å². The first-order valence-corrected chi connectivity index (χ1v) is 6.01. The molecule has 0 spiro atoms. The topological polar surface area (TPSA) is 35.2 Å². The normalized spacial score (nSPS) is 14.6. The summed E-state index contributed by atoms with van der Waals surface area (Å²) in [4.78, 5) is 0. The zero-order valence-corrected chi connectivity index (χ0v) is 10.9. The molecule has 0 fully saturated rings. The molecule has 0 saturated carbocycles. The van der Waals surface area contributed by atoms with Crippen molar-refractivity contribution >= 4 is 11.6 Å². The highest BCUT2D eigenvalue weighted by Crippen LogP contribution is 2.30. The van der Waals surface area contributed by atoms with E-state index in [-0.39, 0.29) is 6.04 Å². The van der Waals surface area contributed by atoms with E-state index in [9.17, 15) is 0 Å². The van der Waals surface area contributed by atoms with Gasteiger partial charge < -0.3 is 10.5 Å². The minimum atomic E-state index is 0.260. The van der Waals surface area contributed by atoms with E-state index in [1.165, 1.54) is 5.56 Å². The van der Waals surface area contributed by atoms with Crippen LogP contribution in [-0.4, -0.2) is 13.2 Å². The highest BCUT2D eigenvalue weighted by atomic mass is 35.5. The summed E-state index contributed by atoms with van der Waals surface area (Å²) in [5.74, 6) is 1.21. The average molecular weight is 242 g/mol. The van der Waals surface area contributed by atoms with Crippen molar-refractivity contribution in [1.82, 2.24) is 0 Å². The van der Waals surface area contributed by atoms with Gasteiger partial charge in [0, 0.05) is 6.04 Å². The number of hydrogen-bond acceptors (Lipinski definition) is 2. The van der Waals surface area contributed by atoms with Crippen LogP contribution < -0.4 is 10.5 Å². The molecular weight excluding hydrogens is 222 g/mol. The van der Waals surface area contributed by atoms with E-state index >= 15 is 0 Å². The van der Waals surface area contributed by atoms with Gasteiger partial charge in [-0.05, 0) is 43.4 Å². The van der Waals surface area contributed by atoms with Gasteiger partial charge in [0.25, 0.3) is 0 Å². The molecule has 2 atom stereocenters. The average Bonchev–Trinajstić information content (AvgIpc) is 2.25. The number of nitrogens with two attached hydrogens (primary N) is 1. The molecule has 0 aliphatic rings. The zero-order valence-electron chi connectivity index (χ0n) is 10.2. The van der Waals surface area contributed by atoms with Gasteiger partial charge in [0.05, 0.1) is 12.1 Å². The van der Waals surface area contributed by atoms with Gasteiger partial charge in [-0.25, -0.2) is 0 Å². The number of hydrogen-bond donors (Lipinski definition) is 1. The summed E-state index contributed by atoms with van der Waals surface area (Å²) in [6.07, 6.45) is 2.12. The van der Waals surface area contributed by atoms with Gasteiger partial charge in [0.15, 0.2) is 0 Å². The van der Waals surface area contributed by atoms with E-state index in [1.54, 1.807) is 7.11 Å². The Bertz CT molecular complexity index is 339. The summed E-state index contributed by atoms with van der Waals surface area (Å²) in [6.45, 7) is 4.23. The van der Waals surface area contributed by atoms with Gasteiger partial charge in [-0.3, -0.25) is 0 Å². The molecular formula is C13H20ClNO. The highest BCUT2D eigenvalue weighted by molar-refractivity contribution is 6.32. The molecule has 16 heavy (non-hydrogen) atoms. The maximum Gasteiger partial charge on any atom is 0.137 e. The van der Waals surface area contributed by atoms with Crippen molar-refractivity contribution < 1.29 is 4.74 Å². The van der Waals surface area contributed by atoms with Crippen LogP contribution in [0, 0.1) is 0 Å². The lowest BCUT2D eigenvalue weighted by Gasteiger charge is -2.14. The summed E-state index contributed by atoms with van der Waals surface area (Å²) < 4.78 is 5.13. The molecule has 90 valence electrons. The molecule has 2 nitrogen and oxygen atoms in total. The monoisotopic (exact) mass is 241 g/mol. The second-order valence-electron chi connectivity index (χ2n) is 4.35. The number of halogens is 1. The van der Waals surface area contributed by atoms with Gasteiger partial charge in [-0.15, -0.1) is 0 Å². The Hall–Kier alpha value is -0.730. The molecule has 0 amide bonds. The van der Waals surface area contributed by atoms with Crippen molar-refractivity contribution in [2.45, 2.75) is 38.6 Å². The van der Waals surface area contributed by atoms with E-state index in [1.807, 2.05) is 19.1 Å². The van der Waals surface area contributed by atoms with Crippen molar-refractivity contribution in [2.75, 3.05) is 7.11 Å². The van der Waals surface area contributed by atoms with E-state index in [4.69, 9.17) is 22.1 Å². The quantitative estimate of drug-likeness (QED) is 0.855. The molecule has 0 aromatic heterocycles. The van der Waals surface area contributed by atoms with Crippen LogP contribution in [0.5, 0.6) is 5.75 Å². The third-order valence-electron chi connectivity index (χ3n) is 2.80. The zero-order chi connectivity index (χ0) is 12.1. The first kappa shape index (κ1) is 13.3. The maximum absolute atomic E-state index is 6.09. The Morgan fingerprint density at radius 3 is 2.50 bits per heavy atom. The minimum absolute atomic E-state index is 0.260. The number of methoxy groups -OCH3 is 1. The van der Waals surface area contributed by atoms with Crippen LogP contribution in [0.3, 0.4) is 0 Å². The lowest BCUT2D eigenvalue weighted by atomic mass is 9.94. The van der Waals surface area contributed by atoms with Crippen molar-refractivity contribution in [3.8, 4) is 5.75 Å². The number of benzene rings is 1. The lowest BCUT2D eigenvalue weighted by Crippen LogP contribution is -2.15. The summed E-state index contributed by atoms with van der Waals surface area (Å²) >= 11 is 6.09. The minimum Gasteiger partial charge on any atom is -0.495 e. The van der Waals surface area contributed by atoms with E-state index in [0.29, 0.717) is 10.9 Å². The fourth-order valence-electron chi connectivity index (χ4n) is 1.67. The molecule has 0 saturated heterocycles. The fourth-order valence-corrected chi connectivity index (χ4v) is 1.93. The Labute approximate surface area is 103 Å². The van der Waals surface area contributed by atoms with Gasteiger partial charge in [0.1, 0.15) is 5.75 Å².